The summed E-state index contributed by atoms with van der Waals surface area (Å²) in [6.45, 7) is 0.350. The van der Waals surface area contributed by atoms with Crippen molar-refractivity contribution in [3.63, 3.8) is 0 Å². The number of aliphatic hydroxyl groups excluding tert-OH is 2. The number of rotatable bonds is 8. The van der Waals surface area contributed by atoms with Gasteiger partial charge >= 0.3 is 0 Å². The molecule has 1 atom stereocenters. The number of benzene rings is 1. The molecule has 0 aliphatic heterocycles. The lowest BCUT2D eigenvalue weighted by molar-refractivity contribution is 0.0851. The van der Waals surface area contributed by atoms with Gasteiger partial charge in [-0.05, 0) is 31.4 Å². The standard InChI is InChI=1S/C13H18O4/c14-9-11-4-3-6-13(8-11)17-7-2-1-5-12(16)10-15/h3-4,6,8-9,12,15-16H,1-2,5,7,10H2/t12-/m0/s1. The molecule has 0 bridgehead atoms. The number of carbonyl (C=O) groups is 1. The Kier molecular flexibility index (Phi) is 6.29. The van der Waals surface area contributed by atoms with Gasteiger partial charge in [-0.3, -0.25) is 4.79 Å². The molecule has 2 N–H and O–H groups in total. The maximum atomic E-state index is 10.5. The summed E-state index contributed by atoms with van der Waals surface area (Å²) in [7, 11) is 0. The zero-order valence-corrected chi connectivity index (χ0v) is 9.71. The number of hydrogen-bond acceptors (Lipinski definition) is 4. The molecule has 0 heterocycles. The van der Waals surface area contributed by atoms with E-state index in [1.54, 1.807) is 24.3 Å². The molecule has 1 aromatic carbocycles. The highest BCUT2D eigenvalue weighted by molar-refractivity contribution is 5.75. The van der Waals surface area contributed by atoms with Crippen LogP contribution in [0, 0.1) is 0 Å². The van der Waals surface area contributed by atoms with E-state index in [2.05, 4.69) is 0 Å². The van der Waals surface area contributed by atoms with Gasteiger partial charge in [0.1, 0.15) is 12.0 Å². The number of aliphatic hydroxyl groups is 2. The maximum Gasteiger partial charge on any atom is 0.150 e. The van der Waals surface area contributed by atoms with Crippen molar-refractivity contribution < 1.29 is 19.7 Å². The average Bonchev–Trinajstić information content (AvgIpc) is 2.38. The van der Waals surface area contributed by atoms with E-state index >= 15 is 0 Å². The zero-order chi connectivity index (χ0) is 12.5. The average molecular weight is 238 g/mol. The number of hydrogen-bond donors (Lipinski definition) is 2. The largest absolute Gasteiger partial charge is 0.494 e. The molecular weight excluding hydrogens is 220 g/mol. The van der Waals surface area contributed by atoms with Crippen molar-refractivity contribution in [1.29, 1.82) is 0 Å². The van der Waals surface area contributed by atoms with Gasteiger partial charge in [0.15, 0.2) is 0 Å². The van der Waals surface area contributed by atoms with E-state index in [0.717, 1.165) is 19.1 Å². The Bertz CT molecular complexity index is 338. The Morgan fingerprint density at radius 2 is 2.18 bits per heavy atom. The molecule has 1 rings (SSSR count). The van der Waals surface area contributed by atoms with Crippen LogP contribution >= 0.6 is 0 Å². The fraction of sp³-hybridized carbons (Fsp3) is 0.462. The molecule has 0 radical (unpaired) electrons. The van der Waals surface area contributed by atoms with E-state index in [0.29, 0.717) is 24.3 Å². The third-order valence-electron chi connectivity index (χ3n) is 2.41. The Morgan fingerprint density at radius 3 is 2.88 bits per heavy atom. The quantitative estimate of drug-likeness (QED) is 0.530. The number of aldehydes is 1. The van der Waals surface area contributed by atoms with E-state index in [-0.39, 0.29) is 6.61 Å². The minimum atomic E-state index is -0.631. The predicted octanol–water partition coefficient (Wildman–Crippen LogP) is 1.40. The van der Waals surface area contributed by atoms with Crippen LogP contribution in [-0.4, -0.2) is 35.8 Å². The monoisotopic (exact) mass is 238 g/mol. The van der Waals surface area contributed by atoms with Gasteiger partial charge < -0.3 is 14.9 Å². The third kappa shape index (κ3) is 5.47. The van der Waals surface area contributed by atoms with Crippen molar-refractivity contribution >= 4 is 6.29 Å². The van der Waals surface area contributed by atoms with Crippen LogP contribution in [0.1, 0.15) is 29.6 Å². The van der Waals surface area contributed by atoms with Gasteiger partial charge in [0.25, 0.3) is 0 Å². The van der Waals surface area contributed by atoms with Crippen molar-refractivity contribution in [1.82, 2.24) is 0 Å². The van der Waals surface area contributed by atoms with Gasteiger partial charge in [-0.1, -0.05) is 12.1 Å². The van der Waals surface area contributed by atoms with Crippen molar-refractivity contribution in [2.24, 2.45) is 0 Å². The van der Waals surface area contributed by atoms with E-state index in [1.807, 2.05) is 0 Å². The summed E-state index contributed by atoms with van der Waals surface area (Å²) >= 11 is 0. The number of ether oxygens (including phenoxy) is 1. The van der Waals surface area contributed by atoms with E-state index in [4.69, 9.17) is 14.9 Å². The van der Waals surface area contributed by atoms with Crippen LogP contribution in [0.25, 0.3) is 0 Å². The molecular formula is C13H18O4. The first-order valence-corrected chi connectivity index (χ1v) is 5.73. The van der Waals surface area contributed by atoms with E-state index in [9.17, 15) is 4.79 Å². The number of carbonyl (C=O) groups excluding carboxylic acids is 1. The molecule has 0 fully saturated rings. The second-order valence-electron chi connectivity index (χ2n) is 3.87. The normalized spacial score (nSPS) is 12.1. The lowest BCUT2D eigenvalue weighted by Crippen LogP contribution is -2.11. The first-order valence-electron chi connectivity index (χ1n) is 5.73. The van der Waals surface area contributed by atoms with Gasteiger partial charge in [0.05, 0.1) is 19.3 Å². The summed E-state index contributed by atoms with van der Waals surface area (Å²) in [5, 5.41) is 17.7. The van der Waals surface area contributed by atoms with Crippen molar-refractivity contribution in [3.8, 4) is 5.75 Å². The van der Waals surface area contributed by atoms with Gasteiger partial charge in [0.2, 0.25) is 0 Å². The molecule has 0 aliphatic carbocycles. The summed E-state index contributed by atoms with van der Waals surface area (Å²) in [6, 6.07) is 6.98. The van der Waals surface area contributed by atoms with Crippen LogP contribution in [0.15, 0.2) is 24.3 Å². The highest BCUT2D eigenvalue weighted by Gasteiger charge is 2.01. The summed E-state index contributed by atoms with van der Waals surface area (Å²) in [6.07, 6.45) is 2.34. The van der Waals surface area contributed by atoms with Crippen molar-refractivity contribution in [2.45, 2.75) is 25.4 Å². The SMILES string of the molecule is O=Cc1cccc(OCCCC[C@H](O)CO)c1. The fourth-order valence-electron chi connectivity index (χ4n) is 1.44. The molecule has 0 aromatic heterocycles. The fourth-order valence-corrected chi connectivity index (χ4v) is 1.44. The van der Waals surface area contributed by atoms with Gasteiger partial charge in [0, 0.05) is 5.56 Å². The molecule has 0 saturated carbocycles. The number of unbranched alkanes of at least 4 members (excludes halogenated alkanes) is 1. The predicted molar refractivity (Wildman–Crippen MR) is 64.3 cm³/mol. The lowest BCUT2D eigenvalue weighted by atomic mass is 10.2. The van der Waals surface area contributed by atoms with Crippen LogP contribution in [0.4, 0.5) is 0 Å². The third-order valence-corrected chi connectivity index (χ3v) is 2.41. The summed E-state index contributed by atoms with van der Waals surface area (Å²) in [5.74, 6) is 0.678. The Balaban J connectivity index is 2.19. The summed E-state index contributed by atoms with van der Waals surface area (Å²) in [5.41, 5.74) is 0.596. The molecule has 4 heteroatoms. The first kappa shape index (κ1) is 13.7. The van der Waals surface area contributed by atoms with E-state index < -0.39 is 6.10 Å². The summed E-state index contributed by atoms with van der Waals surface area (Å²) < 4.78 is 5.46. The second-order valence-corrected chi connectivity index (χ2v) is 3.87. The molecule has 17 heavy (non-hydrogen) atoms. The molecule has 0 spiro atoms. The van der Waals surface area contributed by atoms with Gasteiger partial charge in [-0.25, -0.2) is 0 Å². The highest BCUT2D eigenvalue weighted by atomic mass is 16.5. The Hall–Kier alpha value is -1.39. The van der Waals surface area contributed by atoms with E-state index in [1.165, 1.54) is 0 Å². The molecule has 0 amide bonds. The highest BCUT2D eigenvalue weighted by Crippen LogP contribution is 2.12. The molecule has 0 aliphatic rings. The smallest absolute Gasteiger partial charge is 0.150 e. The lowest BCUT2D eigenvalue weighted by Gasteiger charge is -2.08. The van der Waals surface area contributed by atoms with Crippen LogP contribution < -0.4 is 4.74 Å². The topological polar surface area (TPSA) is 66.8 Å². The molecule has 1 aromatic rings. The minimum Gasteiger partial charge on any atom is -0.494 e. The van der Waals surface area contributed by atoms with Crippen LogP contribution in [0.5, 0.6) is 5.75 Å². The second kappa shape index (κ2) is 7.81. The maximum absolute atomic E-state index is 10.5. The van der Waals surface area contributed by atoms with Crippen LogP contribution in [0.2, 0.25) is 0 Å². The molecule has 0 unspecified atom stereocenters. The van der Waals surface area contributed by atoms with Gasteiger partial charge in [-0.2, -0.15) is 0 Å². The van der Waals surface area contributed by atoms with Crippen LogP contribution in [0.3, 0.4) is 0 Å². The van der Waals surface area contributed by atoms with Crippen molar-refractivity contribution in [2.75, 3.05) is 13.2 Å². The Labute approximate surface area is 101 Å². The van der Waals surface area contributed by atoms with Crippen molar-refractivity contribution in [3.05, 3.63) is 29.8 Å². The molecule has 94 valence electrons. The summed E-state index contributed by atoms with van der Waals surface area (Å²) in [4.78, 5) is 10.5. The molecule has 4 nitrogen and oxygen atoms in total. The first-order chi connectivity index (χ1) is 8.26. The molecule has 0 saturated heterocycles. The minimum absolute atomic E-state index is 0.192. The van der Waals surface area contributed by atoms with Crippen LogP contribution in [-0.2, 0) is 0 Å². The zero-order valence-electron chi connectivity index (χ0n) is 9.71. The Morgan fingerprint density at radius 1 is 1.35 bits per heavy atom. The van der Waals surface area contributed by atoms with Gasteiger partial charge in [-0.15, -0.1) is 0 Å².